The number of benzene rings is 1. The first-order valence-corrected chi connectivity index (χ1v) is 11.0. The number of rotatable bonds is 12. The highest BCUT2D eigenvalue weighted by Gasteiger charge is 2.11. The zero-order valence-electron chi connectivity index (χ0n) is 17.1. The van der Waals surface area contributed by atoms with Crippen LogP contribution < -0.4 is 20.7 Å². The summed E-state index contributed by atoms with van der Waals surface area (Å²) in [5, 5.41) is 0. The minimum atomic E-state index is -1.21. The third kappa shape index (κ3) is 7.96. The summed E-state index contributed by atoms with van der Waals surface area (Å²) in [6.07, 6.45) is 3.03. The molecule has 1 aromatic carbocycles. The minimum Gasteiger partial charge on any atom is -0.491 e. The molecule has 0 radical (unpaired) electrons. The summed E-state index contributed by atoms with van der Waals surface area (Å²) in [6.45, 7) is 6.45. The van der Waals surface area contributed by atoms with Crippen LogP contribution in [-0.2, 0) is 22.5 Å². The van der Waals surface area contributed by atoms with Crippen LogP contribution in [0.3, 0.4) is 0 Å². The number of nitrogens with one attached hydrogen (secondary N) is 2. The van der Waals surface area contributed by atoms with Gasteiger partial charge in [0.25, 0.3) is 5.56 Å². The van der Waals surface area contributed by atoms with Gasteiger partial charge in [-0.25, -0.2) is 13.7 Å². The summed E-state index contributed by atoms with van der Waals surface area (Å²) in [7, 11) is -1.21. The van der Waals surface area contributed by atoms with Gasteiger partial charge in [0.05, 0.1) is 17.1 Å². The van der Waals surface area contributed by atoms with Crippen LogP contribution in [0, 0.1) is 0 Å². The molecule has 2 aromatic rings. The molecule has 1 heterocycles. The van der Waals surface area contributed by atoms with Gasteiger partial charge < -0.3 is 9.47 Å². The molecule has 0 fully saturated rings. The molecule has 3 atom stereocenters. The van der Waals surface area contributed by atoms with E-state index in [-0.39, 0.29) is 18.9 Å². The number of ether oxygens (including phenoxy) is 2. The van der Waals surface area contributed by atoms with Crippen molar-refractivity contribution in [2.45, 2.75) is 52.5 Å². The van der Waals surface area contributed by atoms with E-state index in [4.69, 9.17) is 9.47 Å². The third-order valence-electron chi connectivity index (χ3n) is 4.32. The zero-order chi connectivity index (χ0) is 21.2. The number of H-pyrrole nitrogens is 1. The topological polar surface area (TPSA) is 102 Å². The first-order valence-electron chi connectivity index (χ1n) is 9.67. The molecule has 2 N–H and O–H groups in total. The quantitative estimate of drug-likeness (QED) is 0.509. The second-order valence-electron chi connectivity index (χ2n) is 6.77. The standard InChI is InChI=1S/C20H29N3O5S/c1-4-15(2)28-18-8-5-7-17(13-18)16(3)22-29(26)12-6-11-27-14-23-10-9-19(24)21-20(23)25/h5,7-10,13,15-16,22H,4,6,11-12,14H2,1-3H3,(H,21,24,25)/t15-,16+,29?/m0/s1. The molecule has 0 saturated heterocycles. The van der Waals surface area contributed by atoms with Crippen LogP contribution in [0.1, 0.15) is 45.2 Å². The average Bonchev–Trinajstić information content (AvgIpc) is 2.69. The van der Waals surface area contributed by atoms with Crippen molar-refractivity contribution in [3.63, 3.8) is 0 Å². The lowest BCUT2D eigenvalue weighted by molar-refractivity contribution is 0.0746. The predicted molar refractivity (Wildman–Crippen MR) is 113 cm³/mol. The highest BCUT2D eigenvalue weighted by molar-refractivity contribution is 7.83. The van der Waals surface area contributed by atoms with Gasteiger partial charge in [-0.15, -0.1) is 0 Å². The fourth-order valence-electron chi connectivity index (χ4n) is 2.50. The minimum absolute atomic E-state index is 0.0368. The van der Waals surface area contributed by atoms with Gasteiger partial charge in [0.15, 0.2) is 0 Å². The van der Waals surface area contributed by atoms with Crippen molar-refractivity contribution in [2.75, 3.05) is 12.4 Å². The van der Waals surface area contributed by atoms with Crippen LogP contribution in [-0.4, -0.2) is 32.2 Å². The van der Waals surface area contributed by atoms with E-state index in [1.165, 1.54) is 16.8 Å². The zero-order valence-corrected chi connectivity index (χ0v) is 17.9. The molecule has 0 aliphatic carbocycles. The number of hydrogen-bond donors (Lipinski definition) is 2. The first-order chi connectivity index (χ1) is 13.9. The molecule has 0 spiro atoms. The first kappa shape index (κ1) is 23.1. The average molecular weight is 424 g/mol. The Morgan fingerprint density at radius 2 is 2.03 bits per heavy atom. The van der Waals surface area contributed by atoms with Crippen molar-refractivity contribution in [3.8, 4) is 5.75 Å². The number of aromatic nitrogens is 2. The van der Waals surface area contributed by atoms with Crippen molar-refractivity contribution >= 4 is 11.0 Å². The van der Waals surface area contributed by atoms with Crippen LogP contribution in [0.25, 0.3) is 0 Å². The molecule has 2 rings (SSSR count). The van der Waals surface area contributed by atoms with E-state index in [1.807, 2.05) is 38.1 Å². The van der Waals surface area contributed by atoms with Crippen molar-refractivity contribution in [3.05, 3.63) is 62.9 Å². The molecule has 0 saturated carbocycles. The van der Waals surface area contributed by atoms with E-state index in [2.05, 4.69) is 16.6 Å². The maximum absolute atomic E-state index is 12.3. The Balaban J connectivity index is 1.72. The van der Waals surface area contributed by atoms with Crippen molar-refractivity contribution in [2.24, 2.45) is 0 Å². The summed E-state index contributed by atoms with van der Waals surface area (Å²) in [5.74, 6) is 1.23. The lowest BCUT2D eigenvalue weighted by Gasteiger charge is -2.17. The van der Waals surface area contributed by atoms with Gasteiger partial charge in [0, 0.05) is 30.7 Å². The molecule has 0 bridgehead atoms. The third-order valence-corrected chi connectivity index (χ3v) is 5.60. The van der Waals surface area contributed by atoms with Crippen LogP contribution in [0.15, 0.2) is 46.1 Å². The fourth-order valence-corrected chi connectivity index (χ4v) is 3.53. The lowest BCUT2D eigenvalue weighted by Crippen LogP contribution is -2.29. The van der Waals surface area contributed by atoms with Gasteiger partial charge in [-0.2, -0.15) is 0 Å². The number of nitrogens with zero attached hydrogens (tertiary/aromatic N) is 1. The predicted octanol–water partition coefficient (Wildman–Crippen LogP) is 2.09. The van der Waals surface area contributed by atoms with Crippen molar-refractivity contribution in [1.82, 2.24) is 14.3 Å². The second-order valence-corrected chi connectivity index (χ2v) is 8.10. The van der Waals surface area contributed by atoms with Crippen LogP contribution >= 0.6 is 0 Å². The van der Waals surface area contributed by atoms with E-state index in [0.29, 0.717) is 18.8 Å². The summed E-state index contributed by atoms with van der Waals surface area (Å²) in [5.41, 5.74) is 0.0442. The van der Waals surface area contributed by atoms with Gasteiger partial charge >= 0.3 is 5.69 Å². The normalized spacial score (nSPS) is 14.3. The molecule has 8 nitrogen and oxygen atoms in total. The summed E-state index contributed by atoms with van der Waals surface area (Å²) >= 11 is 0. The van der Waals surface area contributed by atoms with Crippen LogP contribution in [0.2, 0.25) is 0 Å². The maximum atomic E-state index is 12.3. The smallest absolute Gasteiger partial charge is 0.330 e. The Morgan fingerprint density at radius 1 is 1.24 bits per heavy atom. The van der Waals surface area contributed by atoms with E-state index in [9.17, 15) is 13.8 Å². The van der Waals surface area contributed by atoms with Gasteiger partial charge in [0.2, 0.25) is 0 Å². The van der Waals surface area contributed by atoms with Crippen LogP contribution in [0.5, 0.6) is 5.75 Å². The summed E-state index contributed by atoms with van der Waals surface area (Å²) < 4.78 is 27.9. The molecule has 0 amide bonds. The second kappa shape index (κ2) is 11.7. The molecule has 9 heteroatoms. The molecule has 0 aliphatic heterocycles. The Hall–Kier alpha value is -2.23. The van der Waals surface area contributed by atoms with Gasteiger partial charge in [-0.05, 0) is 44.4 Å². The molecule has 29 heavy (non-hydrogen) atoms. The van der Waals surface area contributed by atoms with E-state index < -0.39 is 22.2 Å². The fraction of sp³-hybridized carbons (Fsp3) is 0.500. The van der Waals surface area contributed by atoms with Crippen LogP contribution in [0.4, 0.5) is 0 Å². The van der Waals surface area contributed by atoms with Crippen molar-refractivity contribution < 1.29 is 13.7 Å². The van der Waals surface area contributed by atoms with Gasteiger partial charge in [-0.3, -0.25) is 14.3 Å². The maximum Gasteiger partial charge on any atom is 0.330 e. The van der Waals surface area contributed by atoms with Crippen molar-refractivity contribution in [1.29, 1.82) is 0 Å². The Bertz CT molecular complexity index is 911. The van der Waals surface area contributed by atoms with Gasteiger partial charge in [0.1, 0.15) is 12.5 Å². The Kier molecular flexibility index (Phi) is 9.30. The summed E-state index contributed by atoms with van der Waals surface area (Å²) in [6, 6.07) is 8.96. The molecule has 160 valence electrons. The Morgan fingerprint density at radius 3 is 2.76 bits per heavy atom. The van der Waals surface area contributed by atoms with Gasteiger partial charge in [-0.1, -0.05) is 19.1 Å². The number of hydrogen-bond acceptors (Lipinski definition) is 5. The lowest BCUT2D eigenvalue weighted by atomic mass is 10.1. The van der Waals surface area contributed by atoms with E-state index in [1.54, 1.807) is 0 Å². The van der Waals surface area contributed by atoms with E-state index >= 15 is 0 Å². The SMILES string of the molecule is CC[C@H](C)Oc1cccc([C@@H](C)NS(=O)CCCOCn2ccc(=O)[nH]c2=O)c1. The molecule has 1 unspecified atom stereocenters. The Labute approximate surface area is 172 Å². The molecule has 0 aliphatic rings. The summed E-state index contributed by atoms with van der Waals surface area (Å²) in [4.78, 5) is 24.7. The van der Waals surface area contributed by atoms with E-state index in [0.717, 1.165) is 17.7 Å². The highest BCUT2D eigenvalue weighted by atomic mass is 32.2. The molecular weight excluding hydrogens is 394 g/mol. The highest BCUT2D eigenvalue weighted by Crippen LogP contribution is 2.20. The monoisotopic (exact) mass is 423 g/mol. The number of aromatic amines is 1. The largest absolute Gasteiger partial charge is 0.491 e. The molecular formula is C20H29N3O5S. The molecule has 1 aromatic heterocycles.